The van der Waals surface area contributed by atoms with E-state index in [0.29, 0.717) is 12.6 Å². The van der Waals surface area contributed by atoms with Crippen LogP contribution < -0.4 is 10.1 Å². The van der Waals surface area contributed by atoms with Gasteiger partial charge in [0.25, 0.3) is 0 Å². The summed E-state index contributed by atoms with van der Waals surface area (Å²) in [6.07, 6.45) is 2.66. The molecule has 0 spiro atoms. The number of methoxy groups -OCH3 is 1. The van der Waals surface area contributed by atoms with Crippen LogP contribution in [0, 0.1) is 5.92 Å². The topological polar surface area (TPSA) is 30.5 Å². The van der Waals surface area contributed by atoms with Gasteiger partial charge in [-0.15, -0.1) is 0 Å². The van der Waals surface area contributed by atoms with Crippen LogP contribution in [0.25, 0.3) is 0 Å². The van der Waals surface area contributed by atoms with E-state index >= 15 is 0 Å². The van der Waals surface area contributed by atoms with Crippen molar-refractivity contribution in [2.75, 3.05) is 20.8 Å². The van der Waals surface area contributed by atoms with Crippen LogP contribution in [0.5, 0.6) is 5.75 Å². The van der Waals surface area contributed by atoms with Crippen LogP contribution in [0.2, 0.25) is 0 Å². The molecular weight excluding hydrogens is 214 g/mol. The molecule has 1 atom stereocenters. The standard InChI is InChI=1S/C14H21NO2/c1-15-14(12-6-7-12)10-17-13-5-3-4-11(8-13)9-16-2/h3-5,8,12,14-15H,6-7,9-10H2,1-2H3. The van der Waals surface area contributed by atoms with Crippen molar-refractivity contribution in [2.24, 2.45) is 5.92 Å². The van der Waals surface area contributed by atoms with Crippen molar-refractivity contribution in [2.45, 2.75) is 25.5 Å². The quantitative estimate of drug-likeness (QED) is 0.786. The number of hydrogen-bond acceptors (Lipinski definition) is 3. The predicted molar refractivity (Wildman–Crippen MR) is 68.2 cm³/mol. The highest BCUT2D eigenvalue weighted by Gasteiger charge is 2.30. The maximum atomic E-state index is 5.83. The largest absolute Gasteiger partial charge is 0.492 e. The predicted octanol–water partition coefficient (Wildman–Crippen LogP) is 2.21. The van der Waals surface area contributed by atoms with E-state index in [1.807, 2.05) is 31.3 Å². The fourth-order valence-electron chi connectivity index (χ4n) is 2.03. The summed E-state index contributed by atoms with van der Waals surface area (Å²) in [5.74, 6) is 1.74. The van der Waals surface area contributed by atoms with Crippen LogP contribution in [0.1, 0.15) is 18.4 Å². The molecule has 1 saturated carbocycles. The molecule has 0 bridgehead atoms. The highest BCUT2D eigenvalue weighted by atomic mass is 16.5. The van der Waals surface area contributed by atoms with E-state index in [2.05, 4.69) is 5.32 Å². The lowest BCUT2D eigenvalue weighted by Crippen LogP contribution is -2.33. The number of benzene rings is 1. The van der Waals surface area contributed by atoms with Gasteiger partial charge in [-0.25, -0.2) is 0 Å². The summed E-state index contributed by atoms with van der Waals surface area (Å²) >= 11 is 0. The summed E-state index contributed by atoms with van der Waals surface area (Å²) in [5.41, 5.74) is 1.15. The zero-order valence-electron chi connectivity index (χ0n) is 10.6. The van der Waals surface area contributed by atoms with Crippen LogP contribution in [0.3, 0.4) is 0 Å². The van der Waals surface area contributed by atoms with Crippen molar-refractivity contribution in [1.82, 2.24) is 5.32 Å². The van der Waals surface area contributed by atoms with Crippen molar-refractivity contribution in [3.8, 4) is 5.75 Å². The molecular formula is C14H21NO2. The number of likely N-dealkylation sites (N-methyl/N-ethyl adjacent to an activating group) is 1. The summed E-state index contributed by atoms with van der Waals surface area (Å²) in [6.45, 7) is 1.38. The van der Waals surface area contributed by atoms with Crippen molar-refractivity contribution < 1.29 is 9.47 Å². The van der Waals surface area contributed by atoms with E-state index in [1.54, 1.807) is 7.11 Å². The van der Waals surface area contributed by atoms with E-state index in [-0.39, 0.29) is 0 Å². The van der Waals surface area contributed by atoms with Gasteiger partial charge in [0.05, 0.1) is 6.61 Å². The summed E-state index contributed by atoms with van der Waals surface area (Å²) < 4.78 is 10.9. The van der Waals surface area contributed by atoms with E-state index in [1.165, 1.54) is 12.8 Å². The first-order chi connectivity index (χ1) is 8.33. The van der Waals surface area contributed by atoms with Crippen LogP contribution >= 0.6 is 0 Å². The van der Waals surface area contributed by atoms with E-state index in [4.69, 9.17) is 9.47 Å². The van der Waals surface area contributed by atoms with Crippen LogP contribution in [0.4, 0.5) is 0 Å². The number of rotatable bonds is 7. The molecule has 17 heavy (non-hydrogen) atoms. The highest BCUT2D eigenvalue weighted by Crippen LogP contribution is 2.32. The molecule has 0 amide bonds. The summed E-state index contributed by atoms with van der Waals surface area (Å²) in [7, 11) is 3.71. The average Bonchev–Trinajstić information content (AvgIpc) is 3.15. The second-order valence-electron chi connectivity index (χ2n) is 4.62. The van der Waals surface area contributed by atoms with Gasteiger partial charge in [-0.3, -0.25) is 0 Å². The Bertz CT molecular complexity index is 350. The van der Waals surface area contributed by atoms with Gasteiger partial charge in [0.15, 0.2) is 0 Å². The van der Waals surface area contributed by atoms with Gasteiger partial charge in [-0.2, -0.15) is 0 Å². The van der Waals surface area contributed by atoms with Gasteiger partial charge in [-0.1, -0.05) is 12.1 Å². The first-order valence-electron chi connectivity index (χ1n) is 6.21. The Morgan fingerprint density at radius 2 is 2.24 bits per heavy atom. The lowest BCUT2D eigenvalue weighted by Gasteiger charge is -2.16. The van der Waals surface area contributed by atoms with Gasteiger partial charge >= 0.3 is 0 Å². The highest BCUT2D eigenvalue weighted by molar-refractivity contribution is 5.28. The second kappa shape index (κ2) is 6.03. The average molecular weight is 235 g/mol. The Morgan fingerprint density at radius 3 is 2.88 bits per heavy atom. The Kier molecular flexibility index (Phi) is 4.40. The summed E-state index contributed by atoms with van der Waals surface area (Å²) in [4.78, 5) is 0. The minimum absolute atomic E-state index is 0.487. The number of ether oxygens (including phenoxy) is 2. The van der Waals surface area contributed by atoms with Crippen molar-refractivity contribution >= 4 is 0 Å². The third-order valence-electron chi connectivity index (χ3n) is 3.20. The Labute approximate surface area is 103 Å². The lowest BCUT2D eigenvalue weighted by atomic mass is 10.2. The molecule has 1 aliphatic carbocycles. The molecule has 1 fully saturated rings. The zero-order valence-corrected chi connectivity index (χ0v) is 10.6. The number of nitrogens with one attached hydrogen (secondary N) is 1. The molecule has 1 N–H and O–H groups in total. The molecule has 0 radical (unpaired) electrons. The molecule has 2 rings (SSSR count). The summed E-state index contributed by atoms with van der Waals surface area (Å²) in [5, 5.41) is 3.32. The molecule has 1 aromatic carbocycles. The van der Waals surface area contributed by atoms with Crippen LogP contribution in [0.15, 0.2) is 24.3 Å². The molecule has 0 aromatic heterocycles. The maximum absolute atomic E-state index is 5.83. The van der Waals surface area contributed by atoms with E-state index < -0.39 is 0 Å². The molecule has 1 aromatic rings. The fraction of sp³-hybridized carbons (Fsp3) is 0.571. The third-order valence-corrected chi connectivity index (χ3v) is 3.20. The monoisotopic (exact) mass is 235 g/mol. The fourth-order valence-corrected chi connectivity index (χ4v) is 2.03. The zero-order chi connectivity index (χ0) is 12.1. The first kappa shape index (κ1) is 12.4. The van der Waals surface area contributed by atoms with Crippen molar-refractivity contribution in [3.05, 3.63) is 29.8 Å². The van der Waals surface area contributed by atoms with Crippen LogP contribution in [-0.4, -0.2) is 26.8 Å². The van der Waals surface area contributed by atoms with Gasteiger partial charge in [0.2, 0.25) is 0 Å². The number of hydrogen-bond donors (Lipinski definition) is 1. The molecule has 1 aliphatic rings. The van der Waals surface area contributed by atoms with Gasteiger partial charge in [0, 0.05) is 13.2 Å². The first-order valence-corrected chi connectivity index (χ1v) is 6.21. The maximum Gasteiger partial charge on any atom is 0.119 e. The molecule has 0 aliphatic heterocycles. The van der Waals surface area contributed by atoms with E-state index in [9.17, 15) is 0 Å². The van der Waals surface area contributed by atoms with Gasteiger partial charge in [-0.05, 0) is 43.5 Å². The molecule has 1 unspecified atom stereocenters. The molecule has 94 valence electrons. The SMILES string of the molecule is CNC(COc1cccc(COC)c1)C1CC1. The minimum atomic E-state index is 0.487. The lowest BCUT2D eigenvalue weighted by molar-refractivity contribution is 0.184. The van der Waals surface area contributed by atoms with Crippen molar-refractivity contribution in [1.29, 1.82) is 0 Å². The molecule has 0 saturated heterocycles. The minimum Gasteiger partial charge on any atom is -0.492 e. The molecule has 0 heterocycles. The Morgan fingerprint density at radius 1 is 1.41 bits per heavy atom. The summed E-state index contributed by atoms with van der Waals surface area (Å²) in [6, 6.07) is 8.59. The van der Waals surface area contributed by atoms with Gasteiger partial charge in [0.1, 0.15) is 12.4 Å². The third kappa shape index (κ3) is 3.72. The second-order valence-corrected chi connectivity index (χ2v) is 4.62. The Balaban J connectivity index is 1.86. The molecule has 3 nitrogen and oxygen atoms in total. The van der Waals surface area contributed by atoms with Crippen molar-refractivity contribution in [3.63, 3.8) is 0 Å². The molecule has 3 heteroatoms. The van der Waals surface area contributed by atoms with Crippen LogP contribution in [-0.2, 0) is 11.3 Å². The Hall–Kier alpha value is -1.06. The normalized spacial score (nSPS) is 16.8. The smallest absolute Gasteiger partial charge is 0.119 e. The van der Waals surface area contributed by atoms with E-state index in [0.717, 1.165) is 23.8 Å². The van der Waals surface area contributed by atoms with Gasteiger partial charge < -0.3 is 14.8 Å².